The lowest BCUT2D eigenvalue weighted by Gasteiger charge is -2.30. The molecule has 2 aromatic carbocycles. The number of imide groups is 2. The van der Waals surface area contributed by atoms with Crippen LogP contribution in [0.5, 0.6) is 0 Å². The van der Waals surface area contributed by atoms with Crippen LogP contribution in [0.2, 0.25) is 0 Å². The molecule has 1 heterocycles. The number of amides is 5. The van der Waals surface area contributed by atoms with Crippen LogP contribution in [0.1, 0.15) is 17.3 Å². The maximum atomic E-state index is 12.3. The minimum atomic E-state index is -5.08. The van der Waals surface area contributed by atoms with E-state index in [4.69, 9.17) is 9.90 Å². The van der Waals surface area contributed by atoms with Crippen molar-refractivity contribution in [2.24, 2.45) is 5.41 Å². The molecule has 0 atom stereocenters. The van der Waals surface area contributed by atoms with Gasteiger partial charge in [-0.25, -0.2) is 9.59 Å². The Morgan fingerprint density at radius 1 is 0.909 bits per heavy atom. The van der Waals surface area contributed by atoms with Crippen LogP contribution in [0.3, 0.4) is 0 Å². The van der Waals surface area contributed by atoms with Crippen molar-refractivity contribution in [3.63, 3.8) is 0 Å². The Bertz CT molecular complexity index is 1050. The lowest BCUT2D eigenvalue weighted by atomic mass is 9.86. The average Bonchev–Trinajstić information content (AvgIpc) is 2.76. The Balaban J connectivity index is 0.000000479. The summed E-state index contributed by atoms with van der Waals surface area (Å²) in [5.74, 6) is -4.66. The second kappa shape index (κ2) is 9.94. The van der Waals surface area contributed by atoms with Crippen LogP contribution in [-0.2, 0) is 14.4 Å². The minimum absolute atomic E-state index is 0.225. The molecular weight excluding hydrogens is 447 g/mol. The van der Waals surface area contributed by atoms with E-state index >= 15 is 0 Å². The summed E-state index contributed by atoms with van der Waals surface area (Å²) in [6.45, 7) is 1.14. The van der Waals surface area contributed by atoms with E-state index < -0.39 is 41.3 Å². The summed E-state index contributed by atoms with van der Waals surface area (Å²) >= 11 is 0. The van der Waals surface area contributed by atoms with Gasteiger partial charge < -0.3 is 10.4 Å². The highest BCUT2D eigenvalue weighted by molar-refractivity contribution is 6.19. The molecule has 174 valence electrons. The lowest BCUT2D eigenvalue weighted by molar-refractivity contribution is -0.192. The summed E-state index contributed by atoms with van der Waals surface area (Å²) in [7, 11) is 0. The van der Waals surface area contributed by atoms with Gasteiger partial charge in [-0.2, -0.15) is 13.2 Å². The molecule has 0 unspecified atom stereocenters. The van der Waals surface area contributed by atoms with Crippen LogP contribution in [-0.4, -0.2) is 47.5 Å². The number of carbonyl (C=O) groups excluding carboxylic acids is 4. The highest BCUT2D eigenvalue weighted by atomic mass is 19.4. The molecule has 9 nitrogen and oxygen atoms in total. The number of benzene rings is 2. The molecule has 33 heavy (non-hydrogen) atoms. The second-order valence-corrected chi connectivity index (χ2v) is 7.00. The van der Waals surface area contributed by atoms with Crippen molar-refractivity contribution in [1.29, 1.82) is 0 Å². The van der Waals surface area contributed by atoms with Gasteiger partial charge in [-0.05, 0) is 30.2 Å². The fourth-order valence-corrected chi connectivity index (χ4v) is 2.58. The summed E-state index contributed by atoms with van der Waals surface area (Å²) < 4.78 is 31.7. The molecular formula is C21H18F3N3O6. The van der Waals surface area contributed by atoms with E-state index in [1.807, 2.05) is 53.1 Å². The van der Waals surface area contributed by atoms with E-state index in [0.29, 0.717) is 5.56 Å². The van der Waals surface area contributed by atoms with E-state index in [0.717, 1.165) is 11.1 Å². The monoisotopic (exact) mass is 465 g/mol. The standard InChI is InChI=1S/C19H17N3O4.C2HF3O2/c1-19(16(24)21-18(26)22-17(19)25)11-20-15(23)14-9-7-13(8-10-14)12-5-3-2-4-6-12;3-2(4,5)1(6)7/h2-10H,11H2,1H3,(H,20,23)(H2,21,22,24,25,26);(H,6,7). The molecule has 0 bridgehead atoms. The number of alkyl halides is 3. The van der Waals surface area contributed by atoms with Gasteiger partial charge in [0.15, 0.2) is 0 Å². The van der Waals surface area contributed by atoms with Gasteiger partial charge in [-0.3, -0.25) is 25.0 Å². The number of hydrogen-bond acceptors (Lipinski definition) is 5. The molecule has 0 radical (unpaired) electrons. The molecule has 0 aromatic heterocycles. The smallest absolute Gasteiger partial charge is 0.475 e. The van der Waals surface area contributed by atoms with Crippen molar-refractivity contribution in [3.8, 4) is 11.1 Å². The van der Waals surface area contributed by atoms with E-state index in [2.05, 4.69) is 5.32 Å². The first-order valence-electron chi connectivity index (χ1n) is 9.25. The van der Waals surface area contributed by atoms with E-state index in [-0.39, 0.29) is 6.54 Å². The maximum Gasteiger partial charge on any atom is 0.490 e. The summed E-state index contributed by atoms with van der Waals surface area (Å²) in [6.07, 6.45) is -5.08. The summed E-state index contributed by atoms with van der Waals surface area (Å²) in [5.41, 5.74) is 0.861. The predicted octanol–water partition coefficient (Wildman–Crippen LogP) is 2.09. The van der Waals surface area contributed by atoms with Gasteiger partial charge in [0.05, 0.1) is 0 Å². The predicted molar refractivity (Wildman–Crippen MR) is 108 cm³/mol. The van der Waals surface area contributed by atoms with Gasteiger partial charge in [0.25, 0.3) is 5.91 Å². The first-order chi connectivity index (χ1) is 15.3. The highest BCUT2D eigenvalue weighted by Gasteiger charge is 2.46. The van der Waals surface area contributed by atoms with E-state index in [9.17, 15) is 32.3 Å². The number of rotatable bonds is 4. The maximum absolute atomic E-state index is 12.3. The molecule has 4 N–H and O–H groups in total. The Morgan fingerprint density at radius 2 is 1.36 bits per heavy atom. The van der Waals surface area contributed by atoms with Crippen LogP contribution in [0.25, 0.3) is 11.1 Å². The van der Waals surface area contributed by atoms with Crippen LogP contribution in [0.4, 0.5) is 18.0 Å². The van der Waals surface area contributed by atoms with Gasteiger partial charge in [0.2, 0.25) is 11.8 Å². The number of hydrogen-bond donors (Lipinski definition) is 4. The molecule has 3 rings (SSSR count). The number of aliphatic carboxylic acids is 1. The minimum Gasteiger partial charge on any atom is -0.475 e. The normalized spacial score (nSPS) is 14.8. The third-order valence-electron chi connectivity index (χ3n) is 4.56. The molecule has 5 amide bonds. The topological polar surface area (TPSA) is 142 Å². The van der Waals surface area contributed by atoms with Crippen molar-refractivity contribution < 1.29 is 42.3 Å². The number of barbiturate groups is 1. The average molecular weight is 465 g/mol. The zero-order chi connectivity index (χ0) is 24.8. The Labute approximate surface area is 185 Å². The second-order valence-electron chi connectivity index (χ2n) is 7.00. The molecule has 0 aliphatic carbocycles. The SMILES string of the molecule is CC1(CNC(=O)c2ccc(-c3ccccc3)cc2)C(=O)NC(=O)NC1=O.O=C(O)C(F)(F)F. The Hall–Kier alpha value is -4.22. The molecule has 1 fully saturated rings. The lowest BCUT2D eigenvalue weighted by Crippen LogP contribution is -2.64. The molecule has 2 aromatic rings. The molecule has 12 heteroatoms. The molecule has 1 saturated heterocycles. The molecule has 0 saturated carbocycles. The zero-order valence-corrected chi connectivity index (χ0v) is 17.0. The fourth-order valence-electron chi connectivity index (χ4n) is 2.58. The molecule has 1 aliphatic rings. The van der Waals surface area contributed by atoms with Gasteiger partial charge >= 0.3 is 18.2 Å². The first kappa shape index (κ1) is 25.0. The quantitative estimate of drug-likeness (QED) is 0.510. The number of halogens is 3. The number of carbonyl (C=O) groups is 5. The van der Waals surface area contributed by atoms with Gasteiger partial charge in [0, 0.05) is 12.1 Å². The zero-order valence-electron chi connectivity index (χ0n) is 17.0. The van der Waals surface area contributed by atoms with Crippen LogP contribution < -0.4 is 16.0 Å². The summed E-state index contributed by atoms with van der Waals surface area (Å²) in [4.78, 5) is 56.2. The number of carboxylic acid groups (broad SMARTS) is 1. The molecule has 0 spiro atoms. The largest absolute Gasteiger partial charge is 0.490 e. The van der Waals surface area contributed by atoms with Crippen molar-refractivity contribution >= 4 is 29.7 Å². The Morgan fingerprint density at radius 3 is 1.82 bits per heavy atom. The summed E-state index contributed by atoms with van der Waals surface area (Å²) in [6, 6.07) is 15.9. The van der Waals surface area contributed by atoms with Crippen LogP contribution in [0.15, 0.2) is 54.6 Å². The first-order valence-corrected chi connectivity index (χ1v) is 9.25. The highest BCUT2D eigenvalue weighted by Crippen LogP contribution is 2.21. The third kappa shape index (κ3) is 6.38. The number of carboxylic acids is 1. The number of urea groups is 1. The Kier molecular flexibility index (Phi) is 7.54. The number of nitrogens with one attached hydrogen (secondary N) is 3. The van der Waals surface area contributed by atoms with Gasteiger partial charge in [-0.1, -0.05) is 42.5 Å². The third-order valence-corrected chi connectivity index (χ3v) is 4.56. The van der Waals surface area contributed by atoms with Crippen molar-refractivity contribution in [3.05, 3.63) is 60.2 Å². The fraction of sp³-hybridized carbons (Fsp3) is 0.190. The van der Waals surface area contributed by atoms with Crippen molar-refractivity contribution in [2.45, 2.75) is 13.1 Å². The van der Waals surface area contributed by atoms with Gasteiger partial charge in [0.1, 0.15) is 5.41 Å². The van der Waals surface area contributed by atoms with Crippen molar-refractivity contribution in [1.82, 2.24) is 16.0 Å². The van der Waals surface area contributed by atoms with Crippen molar-refractivity contribution in [2.75, 3.05) is 6.54 Å². The van der Waals surface area contributed by atoms with Crippen LogP contribution >= 0.6 is 0 Å². The van der Waals surface area contributed by atoms with Gasteiger partial charge in [-0.15, -0.1) is 0 Å². The van der Waals surface area contributed by atoms with E-state index in [1.165, 1.54) is 6.92 Å². The van der Waals surface area contributed by atoms with E-state index in [1.54, 1.807) is 12.1 Å². The summed E-state index contributed by atoms with van der Waals surface area (Å²) in [5, 5.41) is 13.8. The molecule has 1 aliphatic heterocycles. The van der Waals surface area contributed by atoms with Crippen LogP contribution in [0, 0.1) is 5.41 Å².